The van der Waals surface area contributed by atoms with Crippen LogP contribution in [0.1, 0.15) is 4.88 Å². The molecule has 1 aromatic heterocycles. The maximum atomic E-state index is 12.3. The fourth-order valence-electron chi connectivity index (χ4n) is 2.08. The molecule has 108 valence electrons. The standard InChI is InChI=1S/C15H14N2O2S2/c16-9-14-8-15(10-20-14)21(18,19)17-13-6-5-11-3-1-2-4-12(11)7-13/h1-8,10,17H,9,16H2. The molecule has 0 unspecified atom stereocenters. The zero-order chi connectivity index (χ0) is 14.9. The van der Waals surface area contributed by atoms with Gasteiger partial charge in [-0.2, -0.15) is 0 Å². The fraction of sp³-hybridized carbons (Fsp3) is 0.0667. The van der Waals surface area contributed by atoms with Crippen molar-refractivity contribution in [3.8, 4) is 0 Å². The van der Waals surface area contributed by atoms with Crippen LogP contribution in [0.5, 0.6) is 0 Å². The normalized spacial score (nSPS) is 11.7. The molecule has 1 heterocycles. The summed E-state index contributed by atoms with van der Waals surface area (Å²) < 4.78 is 27.2. The maximum absolute atomic E-state index is 12.3. The lowest BCUT2D eigenvalue weighted by Crippen LogP contribution is -2.12. The number of hydrogen-bond donors (Lipinski definition) is 2. The first kappa shape index (κ1) is 14.1. The summed E-state index contributed by atoms with van der Waals surface area (Å²) in [7, 11) is -3.57. The molecule has 21 heavy (non-hydrogen) atoms. The minimum absolute atomic E-state index is 0.251. The second-order valence-corrected chi connectivity index (χ2v) is 7.30. The van der Waals surface area contributed by atoms with Crippen molar-refractivity contribution in [2.24, 2.45) is 5.73 Å². The van der Waals surface area contributed by atoms with Crippen LogP contribution in [0.4, 0.5) is 5.69 Å². The van der Waals surface area contributed by atoms with Gasteiger partial charge in [0.25, 0.3) is 10.0 Å². The smallest absolute Gasteiger partial charge is 0.262 e. The summed E-state index contributed by atoms with van der Waals surface area (Å²) >= 11 is 1.35. The van der Waals surface area contributed by atoms with Crippen LogP contribution in [0, 0.1) is 0 Å². The van der Waals surface area contributed by atoms with E-state index in [0.717, 1.165) is 15.6 Å². The van der Waals surface area contributed by atoms with Gasteiger partial charge in [-0.15, -0.1) is 11.3 Å². The van der Waals surface area contributed by atoms with Gasteiger partial charge in [-0.1, -0.05) is 30.3 Å². The Hall–Kier alpha value is -1.89. The van der Waals surface area contributed by atoms with Crippen molar-refractivity contribution in [1.82, 2.24) is 0 Å². The largest absolute Gasteiger partial charge is 0.326 e. The van der Waals surface area contributed by atoms with Crippen molar-refractivity contribution < 1.29 is 8.42 Å². The molecule has 0 bridgehead atoms. The first-order valence-electron chi connectivity index (χ1n) is 6.37. The fourth-order valence-corrected chi connectivity index (χ4v) is 4.28. The van der Waals surface area contributed by atoms with Gasteiger partial charge in [-0.3, -0.25) is 4.72 Å². The summed E-state index contributed by atoms with van der Waals surface area (Å²) in [5.74, 6) is 0. The Kier molecular flexibility index (Phi) is 3.67. The molecule has 3 aromatic rings. The van der Waals surface area contributed by atoms with Gasteiger partial charge in [0.15, 0.2) is 0 Å². The molecule has 0 atom stereocenters. The molecule has 0 aliphatic heterocycles. The summed E-state index contributed by atoms with van der Waals surface area (Å²) in [6.07, 6.45) is 0. The van der Waals surface area contributed by atoms with Crippen molar-refractivity contribution in [3.05, 3.63) is 58.8 Å². The highest BCUT2D eigenvalue weighted by molar-refractivity contribution is 7.92. The number of rotatable bonds is 4. The van der Waals surface area contributed by atoms with E-state index >= 15 is 0 Å². The maximum Gasteiger partial charge on any atom is 0.262 e. The lowest BCUT2D eigenvalue weighted by Gasteiger charge is -2.07. The van der Waals surface area contributed by atoms with Gasteiger partial charge in [0.05, 0.1) is 4.90 Å². The highest BCUT2D eigenvalue weighted by atomic mass is 32.2. The van der Waals surface area contributed by atoms with Gasteiger partial charge in [0.1, 0.15) is 0 Å². The van der Waals surface area contributed by atoms with E-state index in [9.17, 15) is 8.42 Å². The highest BCUT2D eigenvalue weighted by Gasteiger charge is 2.16. The summed E-state index contributed by atoms with van der Waals surface area (Å²) in [6, 6.07) is 14.9. The molecule has 0 spiro atoms. The van der Waals surface area contributed by atoms with Gasteiger partial charge in [-0.05, 0) is 29.0 Å². The van der Waals surface area contributed by atoms with Gasteiger partial charge in [-0.25, -0.2) is 8.42 Å². The molecule has 0 radical (unpaired) electrons. The van der Waals surface area contributed by atoms with E-state index in [2.05, 4.69) is 4.72 Å². The van der Waals surface area contributed by atoms with E-state index in [1.165, 1.54) is 11.3 Å². The summed E-state index contributed by atoms with van der Waals surface area (Å²) in [5, 5.41) is 3.66. The van der Waals surface area contributed by atoms with Crippen molar-refractivity contribution >= 4 is 37.8 Å². The van der Waals surface area contributed by atoms with E-state index in [1.807, 2.05) is 36.4 Å². The summed E-state index contributed by atoms with van der Waals surface area (Å²) in [6.45, 7) is 0.343. The Morgan fingerprint density at radius 2 is 1.81 bits per heavy atom. The van der Waals surface area contributed by atoms with Crippen LogP contribution in [0.2, 0.25) is 0 Å². The lowest BCUT2D eigenvalue weighted by molar-refractivity contribution is 0.601. The molecule has 6 heteroatoms. The van der Waals surface area contributed by atoms with E-state index in [4.69, 9.17) is 5.73 Å². The quantitative estimate of drug-likeness (QED) is 0.776. The molecule has 0 aliphatic carbocycles. The molecule has 0 aliphatic rings. The predicted molar refractivity (Wildman–Crippen MR) is 87.0 cm³/mol. The van der Waals surface area contributed by atoms with Crippen molar-refractivity contribution in [3.63, 3.8) is 0 Å². The number of hydrogen-bond acceptors (Lipinski definition) is 4. The lowest BCUT2D eigenvalue weighted by atomic mass is 10.1. The van der Waals surface area contributed by atoms with Gasteiger partial charge in [0, 0.05) is 22.5 Å². The molecular formula is C15H14N2O2S2. The molecule has 4 nitrogen and oxygen atoms in total. The SMILES string of the molecule is NCc1cc(S(=O)(=O)Nc2ccc3ccccc3c2)cs1. The Morgan fingerprint density at radius 1 is 1.05 bits per heavy atom. The number of nitrogens with one attached hydrogen (secondary N) is 1. The molecule has 2 aromatic carbocycles. The number of sulfonamides is 1. The van der Waals surface area contributed by atoms with Crippen LogP contribution < -0.4 is 10.5 Å². The molecular weight excluding hydrogens is 304 g/mol. The van der Waals surface area contributed by atoms with Gasteiger partial charge < -0.3 is 5.73 Å². The van der Waals surface area contributed by atoms with Crippen molar-refractivity contribution in [2.45, 2.75) is 11.4 Å². The Morgan fingerprint density at radius 3 is 2.52 bits per heavy atom. The van der Waals surface area contributed by atoms with Crippen molar-refractivity contribution in [2.75, 3.05) is 4.72 Å². The molecule has 0 saturated heterocycles. The van der Waals surface area contributed by atoms with Crippen LogP contribution in [0.25, 0.3) is 10.8 Å². The van der Waals surface area contributed by atoms with E-state index < -0.39 is 10.0 Å². The molecule has 0 saturated carbocycles. The Bertz CT molecular complexity index is 885. The first-order chi connectivity index (χ1) is 10.1. The Balaban J connectivity index is 1.93. The summed E-state index contributed by atoms with van der Waals surface area (Å²) in [5.41, 5.74) is 6.07. The molecule has 0 fully saturated rings. The van der Waals surface area contributed by atoms with Crippen molar-refractivity contribution in [1.29, 1.82) is 0 Å². The number of benzene rings is 2. The van der Waals surface area contributed by atoms with E-state index in [1.54, 1.807) is 17.5 Å². The van der Waals surface area contributed by atoms with Gasteiger partial charge in [0.2, 0.25) is 0 Å². The number of thiophene rings is 1. The van der Waals surface area contributed by atoms with Crippen LogP contribution >= 0.6 is 11.3 Å². The average molecular weight is 318 g/mol. The zero-order valence-electron chi connectivity index (χ0n) is 11.1. The van der Waals surface area contributed by atoms with E-state index in [0.29, 0.717) is 12.2 Å². The third-order valence-electron chi connectivity index (χ3n) is 3.14. The first-order valence-corrected chi connectivity index (χ1v) is 8.74. The third-order valence-corrected chi connectivity index (χ3v) is 5.61. The van der Waals surface area contributed by atoms with Crippen LogP contribution in [0.15, 0.2) is 58.8 Å². The average Bonchev–Trinajstić information content (AvgIpc) is 2.96. The second-order valence-electron chi connectivity index (χ2n) is 4.62. The third kappa shape index (κ3) is 2.92. The minimum atomic E-state index is -3.57. The Labute approximate surface area is 127 Å². The van der Waals surface area contributed by atoms with Crippen LogP contribution in [0.3, 0.4) is 0 Å². The highest BCUT2D eigenvalue weighted by Crippen LogP contribution is 2.24. The van der Waals surface area contributed by atoms with Crippen LogP contribution in [-0.2, 0) is 16.6 Å². The van der Waals surface area contributed by atoms with E-state index in [-0.39, 0.29) is 4.90 Å². The topological polar surface area (TPSA) is 72.2 Å². The summed E-state index contributed by atoms with van der Waals surface area (Å²) in [4.78, 5) is 1.09. The number of fused-ring (bicyclic) bond motifs is 1. The zero-order valence-corrected chi connectivity index (χ0v) is 12.7. The number of anilines is 1. The van der Waals surface area contributed by atoms with Gasteiger partial charge >= 0.3 is 0 Å². The molecule has 3 N–H and O–H groups in total. The monoisotopic (exact) mass is 318 g/mol. The second kappa shape index (κ2) is 5.48. The minimum Gasteiger partial charge on any atom is -0.326 e. The van der Waals surface area contributed by atoms with Crippen LogP contribution in [-0.4, -0.2) is 8.42 Å². The number of nitrogens with two attached hydrogens (primary N) is 1. The molecule has 0 amide bonds. The molecule has 3 rings (SSSR count). The predicted octanol–water partition coefficient (Wildman–Crippen LogP) is 3.16.